The molecule has 1 aliphatic rings. The second-order valence-corrected chi connectivity index (χ2v) is 7.45. The molecule has 0 saturated heterocycles. The Hall–Kier alpha value is -1.28. The van der Waals surface area contributed by atoms with Crippen LogP contribution in [0.5, 0.6) is 0 Å². The zero-order chi connectivity index (χ0) is 16.2. The van der Waals surface area contributed by atoms with Gasteiger partial charge in [-0.15, -0.1) is 11.3 Å². The number of nitrogens with zero attached hydrogens (tertiary/aromatic N) is 2. The molecule has 0 unspecified atom stereocenters. The van der Waals surface area contributed by atoms with Gasteiger partial charge in [-0.1, -0.05) is 6.92 Å². The van der Waals surface area contributed by atoms with Crippen molar-refractivity contribution in [3.8, 4) is 10.6 Å². The lowest BCUT2D eigenvalue weighted by Gasteiger charge is -2.42. The van der Waals surface area contributed by atoms with Gasteiger partial charge in [0.05, 0.1) is 12.2 Å². The van der Waals surface area contributed by atoms with Crippen molar-refractivity contribution < 1.29 is 9.90 Å². The van der Waals surface area contributed by atoms with E-state index in [-0.39, 0.29) is 6.54 Å². The number of likely N-dealkylation sites (N-methyl/N-ethyl adjacent to an activating group) is 1. The summed E-state index contributed by atoms with van der Waals surface area (Å²) in [7, 11) is 0. The largest absolute Gasteiger partial charge is 0.480 e. The molecule has 3 rings (SSSR count). The molecule has 0 aromatic carbocycles. The number of carbonyl (C=O) groups is 1. The Bertz CT molecular complexity index is 636. The molecule has 124 valence electrons. The molecule has 1 saturated carbocycles. The Morgan fingerprint density at radius 2 is 2.30 bits per heavy atom. The first kappa shape index (κ1) is 16.6. The lowest BCUT2D eigenvalue weighted by atomic mass is 9.85. The fourth-order valence-corrected chi connectivity index (χ4v) is 4.41. The number of carboxylic acid groups (broad SMARTS) is 1. The highest BCUT2D eigenvalue weighted by molar-refractivity contribution is 7.14. The number of nitrogens with one attached hydrogen (secondary N) is 1. The maximum absolute atomic E-state index is 10.8. The summed E-state index contributed by atoms with van der Waals surface area (Å²) in [4.78, 5) is 17.5. The van der Waals surface area contributed by atoms with E-state index in [2.05, 4.69) is 32.5 Å². The molecule has 2 N–H and O–H groups in total. The molecule has 0 amide bonds. The Morgan fingerprint density at radius 1 is 1.48 bits per heavy atom. The number of aliphatic carboxylic acids is 1. The van der Waals surface area contributed by atoms with Crippen LogP contribution in [0.15, 0.2) is 22.2 Å². The Kier molecular flexibility index (Phi) is 5.42. The Balaban J connectivity index is 1.43. The third-order valence-electron chi connectivity index (χ3n) is 4.27. The molecule has 5 nitrogen and oxygen atoms in total. The monoisotopic (exact) mass is 351 g/mol. The zero-order valence-corrected chi connectivity index (χ0v) is 14.7. The SMILES string of the molecule is CCN(CC(=O)O)C1CC(NCc2csc(-c3ccsc3)n2)C1. The number of aromatic nitrogens is 1. The maximum atomic E-state index is 10.8. The number of thiazole rings is 1. The van der Waals surface area contributed by atoms with Gasteiger partial charge in [-0.3, -0.25) is 9.69 Å². The van der Waals surface area contributed by atoms with Crippen LogP contribution < -0.4 is 5.32 Å². The first-order valence-corrected chi connectivity index (χ1v) is 9.64. The van der Waals surface area contributed by atoms with Gasteiger partial charge in [0.15, 0.2) is 0 Å². The summed E-state index contributed by atoms with van der Waals surface area (Å²) in [6.07, 6.45) is 2.03. The van der Waals surface area contributed by atoms with Crippen LogP contribution in [0.25, 0.3) is 10.6 Å². The van der Waals surface area contributed by atoms with E-state index >= 15 is 0 Å². The molecule has 0 radical (unpaired) electrons. The number of hydrogen-bond acceptors (Lipinski definition) is 6. The summed E-state index contributed by atoms with van der Waals surface area (Å²) in [5, 5.41) is 19.8. The highest BCUT2D eigenvalue weighted by atomic mass is 32.1. The smallest absolute Gasteiger partial charge is 0.317 e. The third kappa shape index (κ3) is 4.17. The highest BCUT2D eigenvalue weighted by Crippen LogP contribution is 2.27. The van der Waals surface area contributed by atoms with E-state index in [0.717, 1.165) is 36.6 Å². The van der Waals surface area contributed by atoms with Gasteiger partial charge >= 0.3 is 5.97 Å². The van der Waals surface area contributed by atoms with Gasteiger partial charge in [0, 0.05) is 35.0 Å². The van der Waals surface area contributed by atoms with Crippen molar-refractivity contribution in [2.24, 2.45) is 0 Å². The van der Waals surface area contributed by atoms with Crippen LogP contribution in [0.2, 0.25) is 0 Å². The van der Waals surface area contributed by atoms with E-state index < -0.39 is 5.97 Å². The van der Waals surface area contributed by atoms with Gasteiger partial charge in [-0.05, 0) is 30.8 Å². The quantitative estimate of drug-likeness (QED) is 0.765. The lowest BCUT2D eigenvalue weighted by Crippen LogP contribution is -2.53. The van der Waals surface area contributed by atoms with Gasteiger partial charge in [-0.2, -0.15) is 11.3 Å². The van der Waals surface area contributed by atoms with Crippen molar-refractivity contribution in [2.45, 2.75) is 38.4 Å². The van der Waals surface area contributed by atoms with Gasteiger partial charge in [-0.25, -0.2) is 4.98 Å². The summed E-state index contributed by atoms with van der Waals surface area (Å²) in [6, 6.07) is 2.96. The number of carboxylic acids is 1. The Labute approximate surface area is 144 Å². The van der Waals surface area contributed by atoms with Gasteiger partial charge in [0.2, 0.25) is 0 Å². The molecule has 23 heavy (non-hydrogen) atoms. The highest BCUT2D eigenvalue weighted by Gasteiger charge is 2.33. The van der Waals surface area contributed by atoms with Crippen LogP contribution in [0, 0.1) is 0 Å². The molecule has 2 heterocycles. The van der Waals surface area contributed by atoms with E-state index in [1.807, 2.05) is 11.8 Å². The molecule has 0 aliphatic heterocycles. The second-order valence-electron chi connectivity index (χ2n) is 5.82. The fourth-order valence-electron chi connectivity index (χ4n) is 2.88. The van der Waals surface area contributed by atoms with E-state index in [0.29, 0.717) is 12.1 Å². The van der Waals surface area contributed by atoms with Crippen molar-refractivity contribution in [3.63, 3.8) is 0 Å². The van der Waals surface area contributed by atoms with Crippen molar-refractivity contribution in [3.05, 3.63) is 27.9 Å². The molecule has 1 aliphatic carbocycles. The normalized spacial score (nSPS) is 20.6. The summed E-state index contributed by atoms with van der Waals surface area (Å²) in [5.74, 6) is -0.744. The number of rotatable bonds is 8. The minimum atomic E-state index is -0.744. The minimum absolute atomic E-state index is 0.143. The van der Waals surface area contributed by atoms with Crippen LogP contribution in [-0.2, 0) is 11.3 Å². The molecule has 1 fully saturated rings. The van der Waals surface area contributed by atoms with E-state index in [4.69, 9.17) is 5.11 Å². The molecular formula is C16H21N3O2S2. The predicted octanol–water partition coefficient (Wildman–Crippen LogP) is 2.90. The van der Waals surface area contributed by atoms with Gasteiger partial charge in [0.1, 0.15) is 5.01 Å². The van der Waals surface area contributed by atoms with Crippen molar-refractivity contribution in [1.82, 2.24) is 15.2 Å². The molecule has 2 aromatic heterocycles. The minimum Gasteiger partial charge on any atom is -0.480 e. The summed E-state index contributed by atoms with van der Waals surface area (Å²) >= 11 is 3.37. The summed E-state index contributed by atoms with van der Waals surface area (Å²) in [6.45, 7) is 3.73. The van der Waals surface area contributed by atoms with Crippen LogP contribution in [0.3, 0.4) is 0 Å². The van der Waals surface area contributed by atoms with Crippen LogP contribution in [0.1, 0.15) is 25.5 Å². The molecule has 7 heteroatoms. The van der Waals surface area contributed by atoms with Gasteiger partial charge < -0.3 is 10.4 Å². The van der Waals surface area contributed by atoms with Crippen molar-refractivity contribution in [1.29, 1.82) is 0 Å². The average Bonchev–Trinajstić information content (AvgIpc) is 3.14. The van der Waals surface area contributed by atoms with Crippen LogP contribution in [0.4, 0.5) is 0 Å². The maximum Gasteiger partial charge on any atom is 0.317 e. The Morgan fingerprint density at radius 3 is 2.96 bits per heavy atom. The zero-order valence-electron chi connectivity index (χ0n) is 13.1. The number of hydrogen-bond donors (Lipinski definition) is 2. The molecular weight excluding hydrogens is 330 g/mol. The van der Waals surface area contributed by atoms with E-state index in [1.165, 1.54) is 5.56 Å². The van der Waals surface area contributed by atoms with E-state index in [1.54, 1.807) is 22.7 Å². The van der Waals surface area contributed by atoms with E-state index in [9.17, 15) is 4.79 Å². The fraction of sp³-hybridized carbons (Fsp3) is 0.500. The predicted molar refractivity (Wildman–Crippen MR) is 94.0 cm³/mol. The van der Waals surface area contributed by atoms with Crippen LogP contribution in [-0.4, -0.2) is 46.1 Å². The van der Waals surface area contributed by atoms with Crippen LogP contribution >= 0.6 is 22.7 Å². The van der Waals surface area contributed by atoms with Crippen molar-refractivity contribution in [2.75, 3.05) is 13.1 Å². The second kappa shape index (κ2) is 7.53. The molecule has 0 spiro atoms. The first-order chi connectivity index (χ1) is 11.2. The van der Waals surface area contributed by atoms with Crippen molar-refractivity contribution >= 4 is 28.6 Å². The molecule has 0 atom stereocenters. The number of thiophene rings is 1. The molecule has 0 bridgehead atoms. The average molecular weight is 351 g/mol. The van der Waals surface area contributed by atoms with Gasteiger partial charge in [0.25, 0.3) is 0 Å². The summed E-state index contributed by atoms with van der Waals surface area (Å²) in [5.41, 5.74) is 2.28. The standard InChI is InChI=1S/C16H21N3O2S2/c1-2-19(8-15(20)21)14-5-12(6-14)17-7-13-10-23-16(18-13)11-3-4-22-9-11/h3-4,9-10,12,14,17H,2,5-8H2,1H3,(H,20,21). The first-order valence-electron chi connectivity index (χ1n) is 7.82. The third-order valence-corrected chi connectivity index (χ3v) is 5.89. The topological polar surface area (TPSA) is 65.5 Å². The summed E-state index contributed by atoms with van der Waals surface area (Å²) < 4.78 is 0. The molecule has 2 aromatic rings. The lowest BCUT2D eigenvalue weighted by molar-refractivity contribution is -0.139.